The quantitative estimate of drug-likeness (QED) is 0.561. The van der Waals surface area contributed by atoms with E-state index in [1.165, 1.54) is 4.90 Å². The molecule has 0 aliphatic rings. The van der Waals surface area contributed by atoms with Crippen molar-refractivity contribution < 1.29 is 4.79 Å². The molecule has 0 heterocycles. The Bertz CT molecular complexity index is 376. The molecule has 1 amide bonds. The minimum absolute atomic E-state index is 0.318. The van der Waals surface area contributed by atoms with Crippen LogP contribution in [0.5, 0.6) is 0 Å². The van der Waals surface area contributed by atoms with Gasteiger partial charge < -0.3 is 4.90 Å². The summed E-state index contributed by atoms with van der Waals surface area (Å²) in [6, 6.07) is 7.83. The summed E-state index contributed by atoms with van der Waals surface area (Å²) in [6.07, 6.45) is 1.60. The Hall–Kier alpha value is -1.97. The van der Waals surface area contributed by atoms with Gasteiger partial charge in [0.15, 0.2) is 6.04 Å². The lowest BCUT2D eigenvalue weighted by atomic mass is 10.1. The first kappa shape index (κ1) is 12.1. The summed E-state index contributed by atoms with van der Waals surface area (Å²) < 4.78 is 0. The Morgan fingerprint density at radius 1 is 1.50 bits per heavy atom. The van der Waals surface area contributed by atoms with E-state index in [-0.39, 0.29) is 5.91 Å². The minimum atomic E-state index is -0.967. The Morgan fingerprint density at radius 3 is 2.62 bits per heavy atom. The van der Waals surface area contributed by atoms with Crippen LogP contribution in [0.3, 0.4) is 0 Å². The Balaban J connectivity index is 2.87. The first-order chi connectivity index (χ1) is 7.70. The van der Waals surface area contributed by atoms with E-state index in [1.54, 1.807) is 37.4 Å². The predicted octanol–water partition coefficient (Wildman–Crippen LogP) is 2.14. The molecule has 0 bridgehead atoms. The maximum atomic E-state index is 11.8. The topological polar surface area (TPSA) is 49.7 Å². The van der Waals surface area contributed by atoms with Gasteiger partial charge in [-0.1, -0.05) is 41.6 Å². The highest BCUT2D eigenvalue weighted by atomic mass is 16.3. The largest absolute Gasteiger partial charge is 0.340 e. The van der Waals surface area contributed by atoms with Gasteiger partial charge in [0.25, 0.3) is 5.91 Å². The van der Waals surface area contributed by atoms with E-state index in [1.807, 2.05) is 6.07 Å². The highest BCUT2D eigenvalue weighted by molar-refractivity contribution is 5.83. The third-order valence-corrected chi connectivity index (χ3v) is 2.23. The van der Waals surface area contributed by atoms with Gasteiger partial charge in [-0.15, -0.1) is 11.5 Å². The molecule has 0 saturated carbocycles. The molecular formula is C12H14N2O2. The van der Waals surface area contributed by atoms with Crippen LogP contribution in [0.4, 0.5) is 0 Å². The van der Waals surface area contributed by atoms with Crippen molar-refractivity contribution in [2.45, 2.75) is 6.04 Å². The maximum Gasteiger partial charge on any atom is 0.255 e. The van der Waals surface area contributed by atoms with E-state index in [0.29, 0.717) is 12.1 Å². The molecule has 0 aromatic heterocycles. The van der Waals surface area contributed by atoms with Crippen LogP contribution in [-0.4, -0.2) is 24.4 Å². The van der Waals surface area contributed by atoms with Crippen LogP contribution in [0.25, 0.3) is 0 Å². The molecule has 1 atom stereocenters. The lowest BCUT2D eigenvalue weighted by Gasteiger charge is -2.18. The lowest BCUT2D eigenvalue weighted by Crippen LogP contribution is -2.31. The van der Waals surface area contributed by atoms with Gasteiger partial charge in [-0.2, -0.15) is 0 Å². The first-order valence-corrected chi connectivity index (χ1v) is 4.94. The van der Waals surface area contributed by atoms with Crippen LogP contribution >= 0.6 is 0 Å². The number of benzene rings is 1. The summed E-state index contributed by atoms with van der Waals surface area (Å²) in [5.74, 6) is -0.318. The number of amides is 1. The van der Waals surface area contributed by atoms with Gasteiger partial charge in [0.05, 0.1) is 0 Å². The molecule has 0 N–H and O–H groups in total. The number of nitroso groups, excluding NO2 is 1. The van der Waals surface area contributed by atoms with Crippen molar-refractivity contribution >= 4 is 5.91 Å². The molecule has 1 aromatic carbocycles. The summed E-state index contributed by atoms with van der Waals surface area (Å²) in [5, 5.41) is 2.89. The van der Waals surface area contributed by atoms with Crippen LogP contribution in [-0.2, 0) is 4.79 Å². The van der Waals surface area contributed by atoms with Crippen LogP contribution in [0.15, 0.2) is 48.2 Å². The molecule has 1 aromatic rings. The van der Waals surface area contributed by atoms with E-state index < -0.39 is 6.04 Å². The van der Waals surface area contributed by atoms with Crippen LogP contribution in [0.1, 0.15) is 11.6 Å². The fraction of sp³-hybridized carbons (Fsp3) is 0.250. The number of nitrogens with zero attached hydrogens (tertiary/aromatic N) is 2. The molecule has 84 valence electrons. The number of likely N-dealkylation sites (N-methyl/N-ethyl adjacent to an activating group) is 1. The molecule has 1 unspecified atom stereocenters. The van der Waals surface area contributed by atoms with Gasteiger partial charge in [-0.05, 0) is 5.56 Å². The summed E-state index contributed by atoms with van der Waals surface area (Å²) >= 11 is 0. The molecule has 0 spiro atoms. The number of carbonyl (C=O) groups excluding carboxylic acids is 1. The van der Waals surface area contributed by atoms with Crippen LogP contribution < -0.4 is 0 Å². The van der Waals surface area contributed by atoms with E-state index >= 15 is 0 Å². The van der Waals surface area contributed by atoms with Crippen molar-refractivity contribution in [1.29, 1.82) is 0 Å². The van der Waals surface area contributed by atoms with Crippen LogP contribution in [0.2, 0.25) is 0 Å². The third kappa shape index (κ3) is 2.76. The second-order valence-electron chi connectivity index (χ2n) is 3.43. The van der Waals surface area contributed by atoms with Crippen molar-refractivity contribution in [2.75, 3.05) is 13.6 Å². The van der Waals surface area contributed by atoms with Crippen molar-refractivity contribution in [3.63, 3.8) is 0 Å². The maximum absolute atomic E-state index is 11.8. The van der Waals surface area contributed by atoms with Crippen molar-refractivity contribution in [2.24, 2.45) is 5.18 Å². The highest BCUT2D eigenvalue weighted by Crippen LogP contribution is 2.18. The van der Waals surface area contributed by atoms with Crippen molar-refractivity contribution in [3.8, 4) is 0 Å². The molecule has 16 heavy (non-hydrogen) atoms. The summed E-state index contributed by atoms with van der Waals surface area (Å²) in [4.78, 5) is 24.0. The number of rotatable bonds is 5. The molecule has 4 heteroatoms. The average molecular weight is 218 g/mol. The predicted molar refractivity (Wildman–Crippen MR) is 62.8 cm³/mol. The average Bonchev–Trinajstić information content (AvgIpc) is 2.31. The van der Waals surface area contributed by atoms with Crippen molar-refractivity contribution in [1.82, 2.24) is 4.90 Å². The third-order valence-electron chi connectivity index (χ3n) is 2.23. The van der Waals surface area contributed by atoms with Gasteiger partial charge in [0.1, 0.15) is 0 Å². The van der Waals surface area contributed by atoms with Gasteiger partial charge in [-0.25, -0.2) is 0 Å². The number of carbonyl (C=O) groups is 1. The first-order valence-electron chi connectivity index (χ1n) is 4.94. The molecular weight excluding hydrogens is 204 g/mol. The zero-order valence-electron chi connectivity index (χ0n) is 9.17. The normalized spacial score (nSPS) is 11.6. The van der Waals surface area contributed by atoms with Gasteiger partial charge >= 0.3 is 0 Å². The Labute approximate surface area is 94.5 Å². The zero-order valence-corrected chi connectivity index (χ0v) is 9.17. The van der Waals surface area contributed by atoms with E-state index in [4.69, 9.17) is 0 Å². The SMILES string of the molecule is C=CCN(C)C(=O)C(N=O)c1ccccc1. The Morgan fingerprint density at radius 2 is 2.12 bits per heavy atom. The van der Waals surface area contributed by atoms with Crippen molar-refractivity contribution in [3.05, 3.63) is 53.5 Å². The molecule has 0 fully saturated rings. The Kier molecular flexibility index (Phi) is 4.39. The summed E-state index contributed by atoms with van der Waals surface area (Å²) in [7, 11) is 1.62. The number of hydrogen-bond donors (Lipinski definition) is 0. The van der Waals surface area contributed by atoms with Gasteiger partial charge in [-0.3, -0.25) is 4.79 Å². The second-order valence-corrected chi connectivity index (χ2v) is 3.43. The smallest absolute Gasteiger partial charge is 0.255 e. The van der Waals surface area contributed by atoms with E-state index in [2.05, 4.69) is 11.8 Å². The van der Waals surface area contributed by atoms with Crippen LogP contribution in [0, 0.1) is 4.91 Å². The minimum Gasteiger partial charge on any atom is -0.340 e. The fourth-order valence-corrected chi connectivity index (χ4v) is 1.38. The molecule has 0 saturated heterocycles. The van der Waals surface area contributed by atoms with Gasteiger partial charge in [0, 0.05) is 13.6 Å². The summed E-state index contributed by atoms with van der Waals surface area (Å²) in [6.45, 7) is 3.94. The monoisotopic (exact) mass is 218 g/mol. The fourth-order valence-electron chi connectivity index (χ4n) is 1.38. The number of hydrogen-bond acceptors (Lipinski definition) is 3. The standard InChI is InChI=1S/C12H14N2O2/c1-3-9-14(2)12(15)11(13-16)10-7-5-4-6-8-10/h3-8,11H,1,9H2,2H3. The van der Waals surface area contributed by atoms with E-state index in [9.17, 15) is 9.70 Å². The zero-order chi connectivity index (χ0) is 12.0. The lowest BCUT2D eigenvalue weighted by molar-refractivity contribution is -0.130. The van der Waals surface area contributed by atoms with E-state index in [0.717, 1.165) is 0 Å². The molecule has 0 aliphatic heterocycles. The van der Waals surface area contributed by atoms with Gasteiger partial charge in [0.2, 0.25) is 0 Å². The molecule has 0 aliphatic carbocycles. The summed E-state index contributed by atoms with van der Waals surface area (Å²) in [5.41, 5.74) is 0.610. The molecule has 0 radical (unpaired) electrons. The molecule has 4 nitrogen and oxygen atoms in total. The molecule has 1 rings (SSSR count). The second kappa shape index (κ2) is 5.80. The highest BCUT2D eigenvalue weighted by Gasteiger charge is 2.23.